The number of alkyl halides is 6. The Kier molecular flexibility index (Phi) is 9.27. The lowest BCUT2D eigenvalue weighted by atomic mass is 10.0. The lowest BCUT2D eigenvalue weighted by Crippen LogP contribution is -2.53. The predicted molar refractivity (Wildman–Crippen MR) is 157 cm³/mol. The summed E-state index contributed by atoms with van der Waals surface area (Å²) < 4.78 is 80.7. The smallest absolute Gasteiger partial charge is 0.368 e. The van der Waals surface area contributed by atoms with Crippen LogP contribution in [0.2, 0.25) is 0 Å². The quantitative estimate of drug-likeness (QED) is 0.285. The van der Waals surface area contributed by atoms with Crippen LogP contribution in [-0.2, 0) is 30.2 Å². The maximum atomic E-state index is 13.9. The molecule has 0 bridgehead atoms. The lowest BCUT2D eigenvalue weighted by Gasteiger charge is -2.38. The topological polar surface area (TPSA) is 30.0 Å². The number of aryl methyl sites for hydroxylation is 1. The summed E-state index contributed by atoms with van der Waals surface area (Å²) in [7, 11) is 1.69. The fourth-order valence-corrected chi connectivity index (χ4v) is 6.20. The number of carbonyl (C=O) groups excluding carboxylic acids is 1. The lowest BCUT2D eigenvalue weighted by molar-refractivity contribution is -0.143. The van der Waals surface area contributed by atoms with Gasteiger partial charge in [0, 0.05) is 57.5 Å². The number of likely N-dealkylation sites (tertiary alicyclic amines) is 1. The highest BCUT2D eigenvalue weighted by Crippen LogP contribution is 2.37. The van der Waals surface area contributed by atoms with Gasteiger partial charge in [-0.05, 0) is 67.4 Å². The third-order valence-electron chi connectivity index (χ3n) is 8.56. The van der Waals surface area contributed by atoms with Crippen molar-refractivity contribution in [3.05, 3.63) is 101 Å². The fraction of sp³-hybridized carbons (Fsp3) is 0.424. The number of hydrogen-bond acceptors (Lipinski definition) is 4. The van der Waals surface area contributed by atoms with E-state index in [1.807, 2.05) is 54.3 Å². The van der Waals surface area contributed by atoms with Crippen molar-refractivity contribution in [2.75, 3.05) is 44.7 Å². The second kappa shape index (κ2) is 12.8. The van der Waals surface area contributed by atoms with Crippen LogP contribution in [-0.4, -0.2) is 72.5 Å². The molecule has 0 saturated carbocycles. The number of amides is 1. The van der Waals surface area contributed by atoms with Crippen molar-refractivity contribution in [2.45, 2.75) is 50.9 Å². The molecule has 0 spiro atoms. The summed E-state index contributed by atoms with van der Waals surface area (Å²) in [6.07, 6.45) is -9.39. The number of rotatable bonds is 7. The molecule has 236 valence electrons. The van der Waals surface area contributed by atoms with Crippen molar-refractivity contribution in [1.29, 1.82) is 0 Å². The van der Waals surface area contributed by atoms with E-state index in [1.54, 1.807) is 11.9 Å². The maximum absolute atomic E-state index is 13.9. The van der Waals surface area contributed by atoms with E-state index >= 15 is 0 Å². The Morgan fingerprint density at radius 2 is 1.45 bits per heavy atom. The van der Waals surface area contributed by atoms with E-state index in [4.69, 9.17) is 0 Å². The van der Waals surface area contributed by atoms with Gasteiger partial charge in [-0.1, -0.05) is 42.5 Å². The first kappa shape index (κ1) is 31.8. The Balaban J connectivity index is 1.32. The Hall–Kier alpha value is -3.57. The molecule has 2 aliphatic heterocycles. The monoisotopic (exact) mass is 618 g/mol. The van der Waals surface area contributed by atoms with Crippen molar-refractivity contribution < 1.29 is 31.1 Å². The summed E-state index contributed by atoms with van der Waals surface area (Å²) in [5, 5.41) is 0. The standard InChI is InChI=1S/C33H36F6N4O/c1-23-7-6-10-28(15-23)41-11-13-42(14-12-41)31(44)30-19-29(22-43(30)21-24-8-4-3-5-9-24)40(2)20-25-16-26(32(34,35)36)18-27(17-25)33(37,38)39/h3-10,15-18,29-30H,11-14,19-22H2,1-2H3. The molecular formula is C33H36F6N4O. The zero-order valence-corrected chi connectivity index (χ0v) is 24.7. The molecule has 5 nitrogen and oxygen atoms in total. The Morgan fingerprint density at radius 3 is 2.05 bits per heavy atom. The van der Waals surface area contributed by atoms with Gasteiger partial charge in [0.15, 0.2) is 0 Å². The van der Waals surface area contributed by atoms with Gasteiger partial charge in [0.2, 0.25) is 5.91 Å². The third kappa shape index (κ3) is 7.55. The van der Waals surface area contributed by atoms with Crippen molar-refractivity contribution in [3.63, 3.8) is 0 Å². The molecule has 2 atom stereocenters. The van der Waals surface area contributed by atoms with Crippen molar-refractivity contribution in [1.82, 2.24) is 14.7 Å². The van der Waals surface area contributed by atoms with Gasteiger partial charge in [-0.25, -0.2) is 0 Å². The summed E-state index contributed by atoms with van der Waals surface area (Å²) in [4.78, 5) is 21.9. The molecule has 3 aromatic rings. The van der Waals surface area contributed by atoms with Crippen LogP contribution < -0.4 is 4.90 Å². The van der Waals surface area contributed by atoms with Crippen LogP contribution in [0.3, 0.4) is 0 Å². The average Bonchev–Trinajstić information content (AvgIpc) is 3.40. The first-order valence-electron chi connectivity index (χ1n) is 14.6. The number of benzene rings is 3. The van der Waals surface area contributed by atoms with E-state index in [-0.39, 0.29) is 30.1 Å². The van der Waals surface area contributed by atoms with Gasteiger partial charge in [0.05, 0.1) is 17.2 Å². The zero-order chi connectivity index (χ0) is 31.6. The van der Waals surface area contributed by atoms with Crippen LogP contribution in [0.5, 0.6) is 0 Å². The number of nitrogens with zero attached hydrogens (tertiary/aromatic N) is 4. The maximum Gasteiger partial charge on any atom is 0.416 e. The molecule has 2 saturated heterocycles. The molecular weight excluding hydrogens is 582 g/mol. The summed E-state index contributed by atoms with van der Waals surface area (Å²) in [6.45, 7) is 5.40. The van der Waals surface area contributed by atoms with Crippen molar-refractivity contribution in [2.24, 2.45) is 0 Å². The molecule has 0 N–H and O–H groups in total. The van der Waals surface area contributed by atoms with E-state index in [1.165, 1.54) is 5.56 Å². The summed E-state index contributed by atoms with van der Waals surface area (Å²) in [6, 6.07) is 18.9. The van der Waals surface area contributed by atoms with Crippen LogP contribution in [0.4, 0.5) is 32.0 Å². The molecule has 5 rings (SSSR count). The Morgan fingerprint density at radius 1 is 0.818 bits per heavy atom. The van der Waals surface area contributed by atoms with Gasteiger partial charge in [-0.2, -0.15) is 26.3 Å². The zero-order valence-electron chi connectivity index (χ0n) is 24.7. The van der Waals surface area contributed by atoms with E-state index in [9.17, 15) is 31.1 Å². The highest BCUT2D eigenvalue weighted by Gasteiger charge is 2.41. The minimum absolute atomic E-state index is 0.000787. The second-order valence-electron chi connectivity index (χ2n) is 11.8. The number of likely N-dealkylation sites (N-methyl/N-ethyl adjacent to an activating group) is 1. The summed E-state index contributed by atoms with van der Waals surface area (Å²) in [5.41, 5.74) is 0.570. The SMILES string of the molecule is Cc1cccc(N2CCN(C(=O)C3CC(N(C)Cc4cc(C(F)(F)F)cc(C(F)(F)F)c4)CN3Cc3ccccc3)CC2)c1. The predicted octanol–water partition coefficient (Wildman–Crippen LogP) is 6.46. The Labute approximate surface area is 253 Å². The molecule has 2 unspecified atom stereocenters. The van der Waals surface area contributed by atoms with E-state index in [0.717, 1.165) is 23.4 Å². The van der Waals surface area contributed by atoms with E-state index in [2.05, 4.69) is 21.9 Å². The molecule has 0 aliphatic carbocycles. The summed E-state index contributed by atoms with van der Waals surface area (Å²) in [5.74, 6) is -0.000787. The largest absolute Gasteiger partial charge is 0.416 e. The average molecular weight is 619 g/mol. The number of halogens is 6. The van der Waals surface area contributed by atoms with Crippen LogP contribution >= 0.6 is 0 Å². The highest BCUT2D eigenvalue weighted by atomic mass is 19.4. The molecule has 44 heavy (non-hydrogen) atoms. The van der Waals surface area contributed by atoms with Gasteiger partial charge in [-0.3, -0.25) is 14.6 Å². The molecule has 2 fully saturated rings. The fourth-order valence-electron chi connectivity index (χ4n) is 6.20. The Bertz CT molecular complexity index is 1400. The minimum Gasteiger partial charge on any atom is -0.368 e. The molecule has 2 heterocycles. The number of anilines is 1. The van der Waals surface area contributed by atoms with E-state index in [0.29, 0.717) is 45.7 Å². The normalized spacial score (nSPS) is 20.0. The van der Waals surface area contributed by atoms with Gasteiger partial charge in [0.1, 0.15) is 0 Å². The minimum atomic E-state index is -4.91. The van der Waals surface area contributed by atoms with Gasteiger partial charge in [0.25, 0.3) is 0 Å². The highest BCUT2D eigenvalue weighted by molar-refractivity contribution is 5.82. The molecule has 1 amide bonds. The summed E-state index contributed by atoms with van der Waals surface area (Å²) >= 11 is 0. The number of piperazine rings is 1. The molecule has 3 aromatic carbocycles. The first-order chi connectivity index (χ1) is 20.8. The third-order valence-corrected chi connectivity index (χ3v) is 8.56. The van der Waals surface area contributed by atoms with Crippen LogP contribution in [0.25, 0.3) is 0 Å². The number of hydrogen-bond donors (Lipinski definition) is 0. The van der Waals surface area contributed by atoms with E-state index < -0.39 is 29.5 Å². The molecule has 0 aromatic heterocycles. The first-order valence-corrected chi connectivity index (χ1v) is 14.6. The van der Waals surface area contributed by atoms with Crippen LogP contribution in [0.15, 0.2) is 72.8 Å². The second-order valence-corrected chi connectivity index (χ2v) is 11.8. The van der Waals surface area contributed by atoms with Crippen molar-refractivity contribution >= 4 is 11.6 Å². The van der Waals surface area contributed by atoms with Gasteiger partial charge < -0.3 is 9.80 Å². The van der Waals surface area contributed by atoms with Crippen LogP contribution in [0.1, 0.15) is 34.2 Å². The molecule has 0 radical (unpaired) electrons. The molecule has 11 heteroatoms. The molecule has 2 aliphatic rings. The van der Waals surface area contributed by atoms with Crippen LogP contribution in [0, 0.1) is 6.92 Å². The van der Waals surface area contributed by atoms with Crippen molar-refractivity contribution in [3.8, 4) is 0 Å². The number of carbonyl (C=O) groups is 1. The van der Waals surface area contributed by atoms with Gasteiger partial charge in [-0.15, -0.1) is 0 Å². The van der Waals surface area contributed by atoms with Gasteiger partial charge >= 0.3 is 12.4 Å².